The molecule has 0 atom stereocenters. The van der Waals surface area contributed by atoms with Crippen molar-refractivity contribution in [3.05, 3.63) is 12.3 Å². The van der Waals surface area contributed by atoms with Crippen LogP contribution in [0.2, 0.25) is 0 Å². The van der Waals surface area contributed by atoms with Crippen LogP contribution in [0.5, 0.6) is 0 Å². The van der Waals surface area contributed by atoms with Gasteiger partial charge in [-0.05, 0) is 19.8 Å². The van der Waals surface area contributed by atoms with Gasteiger partial charge in [-0.25, -0.2) is 0 Å². The largest absolute Gasteiger partial charge is 0.375 e. The number of hydrogen-bond donors (Lipinski definition) is 1. The molecular formula is C12H20N2. The third-order valence-corrected chi connectivity index (χ3v) is 2.74. The first-order chi connectivity index (χ1) is 6.74. The Morgan fingerprint density at radius 3 is 2.71 bits per heavy atom. The summed E-state index contributed by atoms with van der Waals surface area (Å²) < 4.78 is 0. The van der Waals surface area contributed by atoms with Gasteiger partial charge >= 0.3 is 0 Å². The fourth-order valence-corrected chi connectivity index (χ4v) is 1.81. The van der Waals surface area contributed by atoms with Crippen LogP contribution in [0, 0.1) is 12.3 Å². The van der Waals surface area contributed by atoms with Crippen LogP contribution in [-0.2, 0) is 0 Å². The van der Waals surface area contributed by atoms with E-state index in [4.69, 9.17) is 6.42 Å². The van der Waals surface area contributed by atoms with E-state index >= 15 is 0 Å². The van der Waals surface area contributed by atoms with Crippen LogP contribution in [0.1, 0.15) is 26.2 Å². The molecule has 1 rings (SSSR count). The Labute approximate surface area is 87.4 Å². The summed E-state index contributed by atoms with van der Waals surface area (Å²) in [5, 5.41) is 3.48. The number of hydrogen-bond acceptors (Lipinski definition) is 2. The van der Waals surface area contributed by atoms with Gasteiger partial charge in [0.15, 0.2) is 0 Å². The summed E-state index contributed by atoms with van der Waals surface area (Å²) in [6.07, 6.45) is 8.44. The van der Waals surface area contributed by atoms with Crippen molar-refractivity contribution < 1.29 is 0 Å². The number of terminal acetylenes is 1. The Morgan fingerprint density at radius 1 is 1.57 bits per heavy atom. The van der Waals surface area contributed by atoms with Crippen molar-refractivity contribution in [1.29, 1.82) is 0 Å². The number of nitrogens with zero attached hydrogens (tertiary/aromatic N) is 1. The van der Waals surface area contributed by atoms with E-state index < -0.39 is 0 Å². The van der Waals surface area contributed by atoms with Gasteiger partial charge in [-0.1, -0.05) is 6.58 Å². The molecule has 0 amide bonds. The lowest BCUT2D eigenvalue weighted by molar-refractivity contribution is 0.244. The number of piperidine rings is 1. The van der Waals surface area contributed by atoms with Crippen molar-refractivity contribution in [2.45, 2.75) is 32.2 Å². The number of allylic oxidation sites excluding steroid dienone is 1. The second-order valence-electron chi connectivity index (χ2n) is 3.90. The molecule has 1 fully saturated rings. The Kier molecular flexibility index (Phi) is 4.55. The van der Waals surface area contributed by atoms with Gasteiger partial charge in [-0.15, -0.1) is 12.3 Å². The molecule has 0 aromatic rings. The van der Waals surface area contributed by atoms with Crippen LogP contribution in [-0.4, -0.2) is 30.6 Å². The highest BCUT2D eigenvalue weighted by atomic mass is 15.1. The van der Waals surface area contributed by atoms with Crippen molar-refractivity contribution in [1.82, 2.24) is 10.2 Å². The fourth-order valence-electron chi connectivity index (χ4n) is 1.81. The Balaban J connectivity index is 2.16. The van der Waals surface area contributed by atoms with E-state index in [-0.39, 0.29) is 0 Å². The maximum absolute atomic E-state index is 5.20. The molecule has 1 aliphatic heterocycles. The molecule has 1 heterocycles. The van der Waals surface area contributed by atoms with Gasteiger partial charge in [0.05, 0.1) is 0 Å². The van der Waals surface area contributed by atoms with Crippen LogP contribution in [0.4, 0.5) is 0 Å². The van der Waals surface area contributed by atoms with E-state index in [0.29, 0.717) is 6.04 Å². The molecule has 1 aliphatic rings. The van der Waals surface area contributed by atoms with Crippen LogP contribution in [0.25, 0.3) is 0 Å². The minimum atomic E-state index is 0.652. The van der Waals surface area contributed by atoms with Crippen molar-refractivity contribution in [2.24, 2.45) is 0 Å². The summed E-state index contributed by atoms with van der Waals surface area (Å²) in [4.78, 5) is 2.35. The highest BCUT2D eigenvalue weighted by molar-refractivity contribution is 4.93. The van der Waals surface area contributed by atoms with E-state index in [1.54, 1.807) is 0 Å². The maximum Gasteiger partial charge on any atom is 0.0211 e. The van der Waals surface area contributed by atoms with Crippen molar-refractivity contribution in [2.75, 3.05) is 19.6 Å². The SMILES string of the molecule is C#CCCNC1CCN(C(=C)C)CC1. The van der Waals surface area contributed by atoms with E-state index in [1.807, 2.05) is 0 Å². The standard InChI is InChI=1S/C12H20N2/c1-4-5-8-13-12-6-9-14(10-7-12)11(2)3/h1,12-13H,2,5-10H2,3H3. The van der Waals surface area contributed by atoms with Crippen molar-refractivity contribution in [3.63, 3.8) is 0 Å². The summed E-state index contributed by atoms with van der Waals surface area (Å²) in [6, 6.07) is 0.652. The molecule has 0 spiro atoms. The quantitative estimate of drug-likeness (QED) is 0.537. The predicted molar refractivity (Wildman–Crippen MR) is 60.9 cm³/mol. The molecule has 0 bridgehead atoms. The number of nitrogens with one attached hydrogen (secondary N) is 1. The smallest absolute Gasteiger partial charge is 0.0211 e. The minimum Gasteiger partial charge on any atom is -0.375 e. The lowest BCUT2D eigenvalue weighted by Gasteiger charge is -2.34. The Bertz CT molecular complexity index is 219. The zero-order valence-electron chi connectivity index (χ0n) is 9.05. The van der Waals surface area contributed by atoms with Crippen LogP contribution >= 0.6 is 0 Å². The van der Waals surface area contributed by atoms with Crippen LogP contribution in [0.3, 0.4) is 0 Å². The third-order valence-electron chi connectivity index (χ3n) is 2.74. The molecule has 0 saturated carbocycles. The summed E-state index contributed by atoms with van der Waals surface area (Å²) in [7, 11) is 0. The number of rotatable bonds is 4. The summed E-state index contributed by atoms with van der Waals surface area (Å²) in [5.74, 6) is 2.65. The molecule has 0 aliphatic carbocycles. The summed E-state index contributed by atoms with van der Waals surface area (Å²) in [5.41, 5.74) is 1.19. The average molecular weight is 192 g/mol. The monoisotopic (exact) mass is 192 g/mol. The summed E-state index contributed by atoms with van der Waals surface area (Å²) >= 11 is 0. The lowest BCUT2D eigenvalue weighted by Crippen LogP contribution is -2.41. The lowest BCUT2D eigenvalue weighted by atomic mass is 10.0. The molecule has 0 aromatic carbocycles. The molecule has 2 heteroatoms. The maximum atomic E-state index is 5.20. The topological polar surface area (TPSA) is 15.3 Å². The Morgan fingerprint density at radius 2 is 2.21 bits per heavy atom. The molecular weight excluding hydrogens is 172 g/mol. The zero-order chi connectivity index (χ0) is 10.4. The Hall–Kier alpha value is -0.940. The first-order valence-corrected chi connectivity index (χ1v) is 5.31. The second kappa shape index (κ2) is 5.72. The second-order valence-corrected chi connectivity index (χ2v) is 3.90. The van der Waals surface area contributed by atoms with E-state index in [9.17, 15) is 0 Å². The van der Waals surface area contributed by atoms with Crippen LogP contribution in [0.15, 0.2) is 12.3 Å². The van der Waals surface area contributed by atoms with Crippen molar-refractivity contribution >= 4 is 0 Å². The van der Waals surface area contributed by atoms with Gasteiger partial charge in [-0.3, -0.25) is 0 Å². The van der Waals surface area contributed by atoms with Gasteiger partial charge in [-0.2, -0.15) is 0 Å². The minimum absolute atomic E-state index is 0.652. The predicted octanol–water partition coefficient (Wildman–Crippen LogP) is 1.60. The van der Waals surface area contributed by atoms with Crippen LogP contribution < -0.4 is 5.32 Å². The highest BCUT2D eigenvalue weighted by Gasteiger charge is 2.17. The first kappa shape index (κ1) is 11.1. The van der Waals surface area contributed by atoms with E-state index in [1.165, 1.54) is 18.5 Å². The van der Waals surface area contributed by atoms with Gasteiger partial charge in [0, 0.05) is 37.8 Å². The summed E-state index contributed by atoms with van der Waals surface area (Å²) in [6.45, 7) is 9.24. The van der Waals surface area contributed by atoms with Gasteiger partial charge < -0.3 is 10.2 Å². The highest BCUT2D eigenvalue weighted by Crippen LogP contribution is 2.13. The zero-order valence-corrected chi connectivity index (χ0v) is 9.05. The molecule has 0 radical (unpaired) electrons. The van der Waals surface area contributed by atoms with E-state index in [2.05, 4.69) is 29.6 Å². The molecule has 78 valence electrons. The molecule has 14 heavy (non-hydrogen) atoms. The molecule has 1 N–H and O–H groups in total. The average Bonchev–Trinajstić information content (AvgIpc) is 2.19. The van der Waals surface area contributed by atoms with Gasteiger partial charge in [0.2, 0.25) is 0 Å². The molecule has 0 aromatic heterocycles. The van der Waals surface area contributed by atoms with E-state index in [0.717, 1.165) is 26.1 Å². The normalized spacial score (nSPS) is 17.9. The van der Waals surface area contributed by atoms with Gasteiger partial charge in [0.25, 0.3) is 0 Å². The van der Waals surface area contributed by atoms with Gasteiger partial charge in [0.1, 0.15) is 0 Å². The molecule has 0 unspecified atom stereocenters. The molecule has 2 nitrogen and oxygen atoms in total. The fraction of sp³-hybridized carbons (Fsp3) is 0.667. The number of likely N-dealkylation sites (tertiary alicyclic amines) is 1. The third kappa shape index (κ3) is 3.43. The molecule has 1 saturated heterocycles. The van der Waals surface area contributed by atoms with Crippen molar-refractivity contribution in [3.8, 4) is 12.3 Å². The first-order valence-electron chi connectivity index (χ1n) is 5.31.